The van der Waals surface area contributed by atoms with Crippen molar-refractivity contribution in [1.29, 1.82) is 0 Å². The largest absolute Gasteiger partial charge is 0.480 e. The van der Waals surface area contributed by atoms with Crippen LogP contribution in [0, 0.1) is 11.8 Å². The van der Waals surface area contributed by atoms with E-state index in [0.29, 0.717) is 4.90 Å². The van der Waals surface area contributed by atoms with E-state index in [4.69, 9.17) is 4.74 Å². The molecule has 0 radical (unpaired) electrons. The van der Waals surface area contributed by atoms with Gasteiger partial charge >= 0.3 is 12.1 Å². The second-order valence-electron chi connectivity index (χ2n) is 7.83. The van der Waals surface area contributed by atoms with Crippen LogP contribution in [0.3, 0.4) is 0 Å². The van der Waals surface area contributed by atoms with Crippen LogP contribution in [0.25, 0.3) is 0 Å². The summed E-state index contributed by atoms with van der Waals surface area (Å²) in [4.78, 5) is 49.0. The number of halogens is 1. The highest BCUT2D eigenvalue weighted by molar-refractivity contribution is 9.18. The fourth-order valence-electron chi connectivity index (χ4n) is 2.89. The van der Waals surface area contributed by atoms with Crippen LogP contribution < -0.4 is 5.32 Å². The van der Waals surface area contributed by atoms with Crippen LogP contribution in [-0.2, 0) is 20.9 Å². The number of ether oxygens (including phenoxy) is 1. The number of nitrogens with zero attached hydrogens (tertiary/aromatic N) is 1. The predicted molar refractivity (Wildman–Crippen MR) is 115 cm³/mol. The maximum Gasteiger partial charge on any atom is 0.408 e. The van der Waals surface area contributed by atoms with E-state index >= 15 is 0 Å². The molecule has 1 aromatic rings. The number of nitrogens with one attached hydrogen (secondary N) is 1. The summed E-state index contributed by atoms with van der Waals surface area (Å²) >= 11 is 2.72. The summed E-state index contributed by atoms with van der Waals surface area (Å²) in [7, 11) is 0. The fraction of sp³-hybridized carbons (Fsp3) is 0.524. The third kappa shape index (κ3) is 8.52. The zero-order valence-electron chi connectivity index (χ0n) is 17.6. The van der Waals surface area contributed by atoms with Gasteiger partial charge in [-0.1, -0.05) is 58.0 Å². The Morgan fingerprint density at radius 2 is 1.60 bits per heavy atom. The molecular formula is C21H29BrN2O6. The molecular weight excluding hydrogens is 456 g/mol. The molecule has 0 aliphatic heterocycles. The van der Waals surface area contributed by atoms with Crippen molar-refractivity contribution in [2.24, 2.45) is 11.8 Å². The van der Waals surface area contributed by atoms with Crippen LogP contribution in [0.4, 0.5) is 9.59 Å². The Morgan fingerprint density at radius 3 is 2.07 bits per heavy atom. The molecule has 0 saturated heterocycles. The zero-order chi connectivity index (χ0) is 22.8. The highest BCUT2D eigenvalue weighted by atomic mass is 79.9. The summed E-state index contributed by atoms with van der Waals surface area (Å²) in [6.07, 6.45) is -0.523. The zero-order valence-corrected chi connectivity index (χ0v) is 19.2. The van der Waals surface area contributed by atoms with E-state index in [0.717, 1.165) is 5.56 Å². The number of carbonyl (C=O) groups is 4. The van der Waals surface area contributed by atoms with Crippen molar-refractivity contribution in [3.05, 3.63) is 35.9 Å². The second-order valence-corrected chi connectivity index (χ2v) is 8.51. The molecule has 1 rings (SSSR count). The Morgan fingerprint density at radius 1 is 1.03 bits per heavy atom. The average molecular weight is 485 g/mol. The van der Waals surface area contributed by atoms with Crippen molar-refractivity contribution in [3.63, 3.8) is 0 Å². The van der Waals surface area contributed by atoms with E-state index in [1.54, 1.807) is 26.0 Å². The van der Waals surface area contributed by atoms with E-state index in [9.17, 15) is 24.3 Å². The number of benzene rings is 1. The summed E-state index contributed by atoms with van der Waals surface area (Å²) in [6, 6.07) is 6.58. The van der Waals surface area contributed by atoms with Crippen molar-refractivity contribution < 1.29 is 29.0 Å². The van der Waals surface area contributed by atoms with Gasteiger partial charge in [0.1, 0.15) is 18.7 Å². The van der Waals surface area contributed by atoms with Crippen LogP contribution in [-0.4, -0.2) is 44.9 Å². The Balaban J connectivity index is 2.99. The summed E-state index contributed by atoms with van der Waals surface area (Å²) in [5, 5.41) is 12.0. The maximum atomic E-state index is 13.1. The minimum absolute atomic E-state index is 0.00553. The number of hydrogen-bond donors (Lipinski definition) is 2. The molecule has 9 heteroatoms. The molecule has 30 heavy (non-hydrogen) atoms. The molecule has 0 heterocycles. The van der Waals surface area contributed by atoms with Gasteiger partial charge in [-0.3, -0.25) is 14.5 Å². The lowest BCUT2D eigenvalue weighted by atomic mass is 9.99. The van der Waals surface area contributed by atoms with Gasteiger partial charge in [-0.05, 0) is 30.2 Å². The molecule has 2 atom stereocenters. The highest BCUT2D eigenvalue weighted by Crippen LogP contribution is 2.19. The molecule has 0 aliphatic rings. The molecule has 2 N–H and O–H groups in total. The lowest BCUT2D eigenvalue weighted by molar-refractivity contribution is -0.148. The minimum Gasteiger partial charge on any atom is -0.480 e. The Hall–Kier alpha value is -2.42. The van der Waals surface area contributed by atoms with E-state index in [1.165, 1.54) is 0 Å². The third-order valence-corrected chi connectivity index (χ3v) is 4.61. The van der Waals surface area contributed by atoms with Gasteiger partial charge in [0.2, 0.25) is 0 Å². The number of rotatable bonds is 10. The van der Waals surface area contributed by atoms with Crippen LogP contribution in [0.5, 0.6) is 0 Å². The van der Waals surface area contributed by atoms with Gasteiger partial charge < -0.3 is 15.2 Å². The lowest BCUT2D eigenvalue weighted by Gasteiger charge is -2.30. The molecule has 8 nitrogen and oxygen atoms in total. The standard InChI is InChI=1S/C21H29BrN2O6/c1-13(2)10-16(23-21(29)30-12-15-8-6-5-7-9-15)18(25)24(20(22)28)17(19(26)27)11-14(3)4/h5-9,13-14,16-17H,10-12H2,1-4H3,(H,23,29)(H,26,27)/t16-,17-/m0/s1. The number of hydrogen-bond acceptors (Lipinski definition) is 5. The first-order valence-corrected chi connectivity index (χ1v) is 10.5. The summed E-state index contributed by atoms with van der Waals surface area (Å²) in [5.74, 6) is -2.16. The Bertz CT molecular complexity index is 738. The Labute approximate surface area is 185 Å². The molecule has 166 valence electrons. The second kappa shape index (κ2) is 12.3. The van der Waals surface area contributed by atoms with E-state index in [1.807, 2.05) is 32.0 Å². The van der Waals surface area contributed by atoms with Gasteiger partial charge in [-0.25, -0.2) is 9.59 Å². The van der Waals surface area contributed by atoms with E-state index < -0.39 is 34.9 Å². The predicted octanol–water partition coefficient (Wildman–Crippen LogP) is 4.17. The molecule has 0 aromatic heterocycles. The van der Waals surface area contributed by atoms with Crippen molar-refractivity contribution in [1.82, 2.24) is 10.2 Å². The quantitative estimate of drug-likeness (QED) is 0.380. The lowest BCUT2D eigenvalue weighted by Crippen LogP contribution is -2.55. The number of carboxylic acid groups (broad SMARTS) is 1. The van der Waals surface area contributed by atoms with Crippen molar-refractivity contribution >= 4 is 38.7 Å². The molecule has 1 aromatic carbocycles. The molecule has 0 spiro atoms. The monoisotopic (exact) mass is 484 g/mol. The van der Waals surface area contributed by atoms with Gasteiger partial charge in [0.25, 0.3) is 10.7 Å². The topological polar surface area (TPSA) is 113 Å². The van der Waals surface area contributed by atoms with Gasteiger partial charge in [0.05, 0.1) is 0 Å². The normalized spacial score (nSPS) is 12.9. The number of carbonyl (C=O) groups excluding carboxylic acids is 3. The van der Waals surface area contributed by atoms with E-state index in [2.05, 4.69) is 21.2 Å². The van der Waals surface area contributed by atoms with Gasteiger partial charge in [-0.2, -0.15) is 0 Å². The molecule has 0 bridgehead atoms. The molecule has 0 fully saturated rings. The van der Waals surface area contributed by atoms with Crippen molar-refractivity contribution in [2.75, 3.05) is 0 Å². The maximum absolute atomic E-state index is 13.1. The Kier molecular flexibility index (Phi) is 10.5. The van der Waals surface area contributed by atoms with Crippen molar-refractivity contribution in [2.45, 2.75) is 59.2 Å². The van der Waals surface area contributed by atoms with Crippen LogP contribution in [0.1, 0.15) is 46.1 Å². The number of alkyl carbamates (subject to hydrolysis) is 1. The van der Waals surface area contributed by atoms with Gasteiger partial charge in [0.15, 0.2) is 0 Å². The van der Waals surface area contributed by atoms with Crippen molar-refractivity contribution in [3.8, 4) is 0 Å². The minimum atomic E-state index is -1.35. The third-order valence-electron chi connectivity index (χ3n) is 4.23. The van der Waals surface area contributed by atoms with Crippen LogP contribution in [0.15, 0.2) is 30.3 Å². The van der Waals surface area contributed by atoms with Gasteiger partial charge in [0, 0.05) is 15.9 Å². The molecule has 0 saturated carbocycles. The number of imide groups is 1. The SMILES string of the molecule is CC(C)C[C@H](NC(=O)OCc1ccccc1)C(=O)N(C(=O)Br)[C@@H](CC(C)C)C(=O)O. The fourth-order valence-corrected chi connectivity index (χ4v) is 3.32. The first-order valence-electron chi connectivity index (χ1n) is 9.75. The van der Waals surface area contributed by atoms with E-state index in [-0.39, 0.29) is 31.3 Å². The molecule has 3 amide bonds. The first-order chi connectivity index (χ1) is 14.0. The summed E-state index contributed by atoms with van der Waals surface area (Å²) in [6.45, 7) is 7.30. The van der Waals surface area contributed by atoms with Crippen LogP contribution >= 0.6 is 15.9 Å². The molecule has 0 unspecified atom stereocenters. The number of aliphatic carboxylic acids is 1. The number of amides is 3. The van der Waals surface area contributed by atoms with Crippen LogP contribution in [0.2, 0.25) is 0 Å². The molecule has 0 aliphatic carbocycles. The average Bonchev–Trinajstić information content (AvgIpc) is 2.65. The van der Waals surface area contributed by atoms with Gasteiger partial charge in [-0.15, -0.1) is 0 Å². The first kappa shape index (κ1) is 25.6. The highest BCUT2D eigenvalue weighted by Gasteiger charge is 2.38. The number of carboxylic acids is 1. The smallest absolute Gasteiger partial charge is 0.408 e. The summed E-state index contributed by atoms with van der Waals surface area (Å²) in [5.41, 5.74) is 0.777. The summed E-state index contributed by atoms with van der Waals surface area (Å²) < 4.78 is 5.17.